The number of anilines is 1. The van der Waals surface area contributed by atoms with Gasteiger partial charge in [-0.25, -0.2) is 0 Å². The minimum Gasteiger partial charge on any atom is -0.343 e. The largest absolute Gasteiger partial charge is 0.343 e. The number of benzene rings is 2. The highest BCUT2D eigenvalue weighted by atomic mass is 16.2. The summed E-state index contributed by atoms with van der Waals surface area (Å²) < 4.78 is 0. The fourth-order valence-electron chi connectivity index (χ4n) is 5.46. The predicted octanol–water partition coefficient (Wildman–Crippen LogP) is 6.61. The Labute approximate surface area is 233 Å². The predicted molar refractivity (Wildman–Crippen MR) is 159 cm³/mol. The second-order valence-corrected chi connectivity index (χ2v) is 11.8. The summed E-state index contributed by atoms with van der Waals surface area (Å²) in [6, 6.07) is 20.6. The number of rotatable bonds is 8. The molecule has 0 radical (unpaired) electrons. The van der Waals surface area contributed by atoms with Crippen molar-refractivity contribution in [1.29, 1.82) is 0 Å². The van der Waals surface area contributed by atoms with Crippen LogP contribution in [0.3, 0.4) is 0 Å². The summed E-state index contributed by atoms with van der Waals surface area (Å²) in [6.45, 7) is 7.87. The summed E-state index contributed by atoms with van der Waals surface area (Å²) in [5.41, 5.74) is 11.5. The molecular weight excluding hydrogens is 484 g/mol. The standard InChI is InChI=1S/C33H42N4O2/c1-22(2)32(39)37(5)28-17-11-23(12-18-28)19-30(38)36-27-20-29(24-9-7-6-8-10-24)31(35-21-27)25-13-15-26(16-14-25)33(3,4)34/h6-10,13-16,20-23,28H,11-12,17-19,34H2,1-5H3,(H,36,38). The number of hydrogen-bond donors (Lipinski definition) is 2. The smallest absolute Gasteiger partial charge is 0.225 e. The molecule has 6 heteroatoms. The van der Waals surface area contributed by atoms with Gasteiger partial charge in [0.25, 0.3) is 0 Å². The molecule has 0 saturated heterocycles. The minimum atomic E-state index is -0.414. The van der Waals surface area contributed by atoms with Gasteiger partial charge in [-0.05, 0) is 62.6 Å². The van der Waals surface area contributed by atoms with E-state index in [9.17, 15) is 9.59 Å². The van der Waals surface area contributed by atoms with Crippen molar-refractivity contribution in [2.75, 3.05) is 12.4 Å². The summed E-state index contributed by atoms with van der Waals surface area (Å²) in [5.74, 6) is 0.542. The van der Waals surface area contributed by atoms with Crippen molar-refractivity contribution >= 4 is 17.5 Å². The molecule has 1 aliphatic rings. The fraction of sp³-hybridized carbons (Fsp3) is 0.424. The van der Waals surface area contributed by atoms with E-state index < -0.39 is 5.54 Å². The van der Waals surface area contributed by atoms with Gasteiger partial charge in [0.2, 0.25) is 11.8 Å². The topological polar surface area (TPSA) is 88.3 Å². The number of nitrogens with two attached hydrogens (primary N) is 1. The van der Waals surface area contributed by atoms with Crippen LogP contribution in [0.1, 0.15) is 65.4 Å². The molecule has 4 rings (SSSR count). The highest BCUT2D eigenvalue weighted by molar-refractivity contribution is 5.93. The summed E-state index contributed by atoms with van der Waals surface area (Å²) in [6.07, 6.45) is 6.02. The molecule has 3 N–H and O–H groups in total. The lowest BCUT2D eigenvalue weighted by Gasteiger charge is -2.35. The summed E-state index contributed by atoms with van der Waals surface area (Å²) in [4.78, 5) is 32.1. The lowest BCUT2D eigenvalue weighted by atomic mass is 9.83. The van der Waals surface area contributed by atoms with Crippen LogP contribution in [0.5, 0.6) is 0 Å². The summed E-state index contributed by atoms with van der Waals surface area (Å²) >= 11 is 0. The maximum Gasteiger partial charge on any atom is 0.225 e. The van der Waals surface area contributed by atoms with E-state index in [0.29, 0.717) is 18.0 Å². The molecule has 206 valence electrons. The van der Waals surface area contributed by atoms with E-state index in [-0.39, 0.29) is 23.8 Å². The van der Waals surface area contributed by atoms with Crippen LogP contribution in [0.25, 0.3) is 22.4 Å². The monoisotopic (exact) mass is 526 g/mol. The number of carbonyl (C=O) groups excluding carboxylic acids is 2. The Hall–Kier alpha value is -3.51. The molecule has 1 saturated carbocycles. The average Bonchev–Trinajstić information content (AvgIpc) is 2.92. The Morgan fingerprint density at radius 3 is 2.23 bits per heavy atom. The third-order valence-electron chi connectivity index (χ3n) is 7.84. The van der Waals surface area contributed by atoms with Crippen LogP contribution in [0, 0.1) is 11.8 Å². The molecule has 0 aliphatic heterocycles. The van der Waals surface area contributed by atoms with Gasteiger partial charge in [-0.15, -0.1) is 0 Å². The van der Waals surface area contributed by atoms with E-state index in [1.807, 2.05) is 76.0 Å². The van der Waals surface area contributed by atoms with Crippen molar-refractivity contribution in [2.45, 2.75) is 71.4 Å². The number of nitrogens with one attached hydrogen (secondary N) is 1. The molecule has 2 aromatic carbocycles. The molecule has 0 bridgehead atoms. The second-order valence-electron chi connectivity index (χ2n) is 11.8. The first-order valence-electron chi connectivity index (χ1n) is 14.0. The van der Waals surface area contributed by atoms with Crippen LogP contribution in [-0.4, -0.2) is 34.8 Å². The molecule has 1 fully saturated rings. The Balaban J connectivity index is 1.46. The average molecular weight is 527 g/mol. The van der Waals surface area contributed by atoms with Crippen molar-refractivity contribution in [1.82, 2.24) is 9.88 Å². The zero-order chi connectivity index (χ0) is 28.2. The first-order chi connectivity index (χ1) is 18.5. The molecule has 3 aromatic rings. The first-order valence-corrected chi connectivity index (χ1v) is 14.0. The quantitative estimate of drug-likeness (QED) is 0.346. The van der Waals surface area contributed by atoms with Crippen molar-refractivity contribution in [3.05, 3.63) is 72.4 Å². The number of hydrogen-bond acceptors (Lipinski definition) is 4. The molecule has 1 aromatic heterocycles. The van der Waals surface area contributed by atoms with E-state index >= 15 is 0 Å². The van der Waals surface area contributed by atoms with E-state index in [1.54, 1.807) is 6.20 Å². The lowest BCUT2D eigenvalue weighted by molar-refractivity contribution is -0.136. The fourth-order valence-corrected chi connectivity index (χ4v) is 5.46. The van der Waals surface area contributed by atoms with E-state index in [0.717, 1.165) is 53.6 Å². The van der Waals surface area contributed by atoms with Crippen molar-refractivity contribution in [2.24, 2.45) is 17.6 Å². The van der Waals surface area contributed by atoms with Crippen LogP contribution in [0.15, 0.2) is 66.9 Å². The number of nitrogens with zero attached hydrogens (tertiary/aromatic N) is 2. The number of aromatic nitrogens is 1. The lowest BCUT2D eigenvalue weighted by Crippen LogP contribution is -2.41. The van der Waals surface area contributed by atoms with Gasteiger partial charge in [0.15, 0.2) is 0 Å². The Morgan fingerprint density at radius 2 is 1.64 bits per heavy atom. The zero-order valence-electron chi connectivity index (χ0n) is 23.9. The van der Waals surface area contributed by atoms with Gasteiger partial charge in [0.05, 0.1) is 17.6 Å². The van der Waals surface area contributed by atoms with Gasteiger partial charge < -0.3 is 16.0 Å². The SMILES string of the molecule is CC(C)C(=O)N(C)C1CCC(CC(=O)Nc2cnc(-c3ccc(C(C)(C)N)cc3)c(-c3ccccc3)c2)CC1. The van der Waals surface area contributed by atoms with Crippen molar-refractivity contribution in [3.63, 3.8) is 0 Å². The molecule has 2 amide bonds. The number of carbonyl (C=O) groups is 2. The van der Waals surface area contributed by atoms with Crippen LogP contribution < -0.4 is 11.1 Å². The highest BCUT2D eigenvalue weighted by Gasteiger charge is 2.28. The maximum atomic E-state index is 13.0. The molecule has 0 unspecified atom stereocenters. The van der Waals surface area contributed by atoms with Crippen molar-refractivity contribution in [3.8, 4) is 22.4 Å². The van der Waals surface area contributed by atoms with Crippen molar-refractivity contribution < 1.29 is 9.59 Å². The van der Waals surface area contributed by atoms with E-state index in [4.69, 9.17) is 10.7 Å². The molecule has 39 heavy (non-hydrogen) atoms. The third-order valence-corrected chi connectivity index (χ3v) is 7.84. The van der Waals surface area contributed by atoms with E-state index in [2.05, 4.69) is 29.6 Å². The molecule has 0 atom stereocenters. The van der Waals surface area contributed by atoms with Gasteiger partial charge >= 0.3 is 0 Å². The second kappa shape index (κ2) is 12.1. The minimum absolute atomic E-state index is 0.00755. The normalized spacial score (nSPS) is 17.6. The van der Waals surface area contributed by atoms with E-state index in [1.165, 1.54) is 0 Å². The van der Waals surface area contributed by atoms with Gasteiger partial charge in [-0.1, -0.05) is 68.4 Å². The van der Waals surface area contributed by atoms with Gasteiger partial charge in [-0.3, -0.25) is 14.6 Å². The van der Waals surface area contributed by atoms with Gasteiger partial charge in [-0.2, -0.15) is 0 Å². The van der Waals surface area contributed by atoms with Crippen LogP contribution in [0.4, 0.5) is 5.69 Å². The number of amides is 2. The van der Waals surface area contributed by atoms with Crippen LogP contribution in [-0.2, 0) is 15.1 Å². The number of pyridine rings is 1. The van der Waals surface area contributed by atoms with Gasteiger partial charge in [0.1, 0.15) is 0 Å². The zero-order valence-corrected chi connectivity index (χ0v) is 23.9. The molecule has 6 nitrogen and oxygen atoms in total. The summed E-state index contributed by atoms with van der Waals surface area (Å²) in [5, 5.41) is 3.09. The Bertz CT molecular complexity index is 1270. The maximum absolute atomic E-state index is 13.0. The molecule has 1 heterocycles. The summed E-state index contributed by atoms with van der Waals surface area (Å²) in [7, 11) is 1.91. The first kappa shape index (κ1) is 28.5. The van der Waals surface area contributed by atoms with Crippen LogP contribution >= 0.6 is 0 Å². The third kappa shape index (κ3) is 7.12. The molecule has 1 aliphatic carbocycles. The Kier molecular flexibility index (Phi) is 8.86. The van der Waals surface area contributed by atoms with Crippen LogP contribution in [0.2, 0.25) is 0 Å². The Morgan fingerprint density at radius 1 is 1.00 bits per heavy atom. The highest BCUT2D eigenvalue weighted by Crippen LogP contribution is 2.34. The molecule has 0 spiro atoms. The molecular formula is C33H42N4O2. The van der Waals surface area contributed by atoms with Gasteiger partial charge in [0, 0.05) is 42.1 Å².